The lowest BCUT2D eigenvalue weighted by molar-refractivity contribution is 0.0454. The van der Waals surface area contributed by atoms with E-state index in [1.165, 1.54) is 50.7 Å². The third kappa shape index (κ3) is 2.73. The highest BCUT2D eigenvalue weighted by atomic mass is 32.2. The van der Waals surface area contributed by atoms with Crippen LogP contribution in [0.4, 0.5) is 0 Å². The molecule has 3 aliphatic heterocycles. The summed E-state index contributed by atoms with van der Waals surface area (Å²) < 4.78 is 0. The van der Waals surface area contributed by atoms with E-state index in [1.807, 2.05) is 0 Å². The van der Waals surface area contributed by atoms with Crippen LogP contribution < -0.4 is 5.32 Å². The van der Waals surface area contributed by atoms with Crippen molar-refractivity contribution in [1.29, 1.82) is 0 Å². The second-order valence-corrected chi connectivity index (χ2v) is 8.05. The summed E-state index contributed by atoms with van der Waals surface area (Å²) in [6, 6.07) is 3.30. The molecule has 104 valence electrons. The first-order valence-electron chi connectivity index (χ1n) is 7.83. The Labute approximate surface area is 116 Å². The predicted molar refractivity (Wildman–Crippen MR) is 80.3 cm³/mol. The molecular formula is C15H28N2S. The van der Waals surface area contributed by atoms with Crippen molar-refractivity contribution in [2.75, 3.05) is 12.8 Å². The monoisotopic (exact) mass is 268 g/mol. The van der Waals surface area contributed by atoms with Crippen molar-refractivity contribution in [1.82, 2.24) is 10.2 Å². The van der Waals surface area contributed by atoms with Crippen molar-refractivity contribution in [3.63, 3.8) is 0 Å². The first-order valence-corrected chi connectivity index (χ1v) is 8.88. The van der Waals surface area contributed by atoms with Crippen molar-refractivity contribution >= 4 is 11.8 Å². The lowest BCUT2D eigenvalue weighted by Crippen LogP contribution is -2.57. The highest BCUT2D eigenvalue weighted by molar-refractivity contribution is 7.99. The average molecular weight is 268 g/mol. The molecule has 0 radical (unpaired) electrons. The molecule has 0 aromatic rings. The maximum absolute atomic E-state index is 4.01. The topological polar surface area (TPSA) is 15.3 Å². The molecule has 0 aromatic carbocycles. The van der Waals surface area contributed by atoms with Crippen LogP contribution in [0.5, 0.6) is 0 Å². The molecule has 2 nitrogen and oxygen atoms in total. The van der Waals surface area contributed by atoms with Crippen LogP contribution in [0, 0.1) is 0 Å². The molecule has 1 N–H and O–H groups in total. The first-order chi connectivity index (χ1) is 8.74. The fraction of sp³-hybridized carbons (Fsp3) is 1.00. The van der Waals surface area contributed by atoms with Gasteiger partial charge in [-0.3, -0.25) is 0 Å². The van der Waals surface area contributed by atoms with Gasteiger partial charge in [0.1, 0.15) is 0 Å². The SMILES string of the molecule is CC1SCCCC1NC1CC2CCCC(C1)N2C. The van der Waals surface area contributed by atoms with E-state index in [-0.39, 0.29) is 0 Å². The Morgan fingerprint density at radius 3 is 2.44 bits per heavy atom. The fourth-order valence-corrected chi connectivity index (χ4v) is 5.35. The van der Waals surface area contributed by atoms with E-state index in [4.69, 9.17) is 0 Å². The third-order valence-electron chi connectivity index (χ3n) is 5.40. The predicted octanol–water partition coefficient (Wildman–Crippen LogP) is 2.88. The van der Waals surface area contributed by atoms with Gasteiger partial charge < -0.3 is 10.2 Å². The molecule has 3 aliphatic rings. The highest BCUT2D eigenvalue weighted by Crippen LogP contribution is 2.34. The number of nitrogens with one attached hydrogen (secondary N) is 1. The van der Waals surface area contributed by atoms with Crippen LogP contribution in [-0.2, 0) is 0 Å². The molecule has 0 amide bonds. The van der Waals surface area contributed by atoms with Crippen LogP contribution in [0.25, 0.3) is 0 Å². The summed E-state index contributed by atoms with van der Waals surface area (Å²) in [5, 5.41) is 4.83. The van der Waals surface area contributed by atoms with E-state index in [2.05, 4.69) is 35.9 Å². The van der Waals surface area contributed by atoms with Crippen LogP contribution in [0.3, 0.4) is 0 Å². The van der Waals surface area contributed by atoms with Gasteiger partial charge in [-0.05, 0) is 51.3 Å². The maximum atomic E-state index is 4.01. The van der Waals surface area contributed by atoms with Gasteiger partial charge in [-0.2, -0.15) is 11.8 Å². The van der Waals surface area contributed by atoms with Crippen LogP contribution in [-0.4, -0.2) is 47.1 Å². The van der Waals surface area contributed by atoms with Crippen molar-refractivity contribution in [3.8, 4) is 0 Å². The summed E-state index contributed by atoms with van der Waals surface area (Å²) in [6.07, 6.45) is 9.91. The van der Waals surface area contributed by atoms with E-state index in [1.54, 1.807) is 0 Å². The molecule has 0 aliphatic carbocycles. The van der Waals surface area contributed by atoms with Gasteiger partial charge in [0.05, 0.1) is 0 Å². The fourth-order valence-electron chi connectivity index (χ4n) is 4.20. The quantitative estimate of drug-likeness (QED) is 0.829. The molecule has 3 fully saturated rings. The number of hydrogen-bond acceptors (Lipinski definition) is 3. The second kappa shape index (κ2) is 5.72. The van der Waals surface area contributed by atoms with Crippen LogP contribution in [0.15, 0.2) is 0 Å². The standard InChI is InChI=1S/C15H28N2S/c1-11-15(7-4-8-18-11)16-12-9-13-5-3-6-14(10-12)17(13)2/h11-16H,3-10H2,1-2H3. The van der Waals surface area contributed by atoms with Crippen LogP contribution in [0.2, 0.25) is 0 Å². The zero-order valence-corrected chi connectivity index (χ0v) is 12.7. The molecule has 4 atom stereocenters. The Morgan fingerprint density at radius 2 is 1.78 bits per heavy atom. The molecular weight excluding hydrogens is 240 g/mol. The molecule has 0 aromatic heterocycles. The smallest absolute Gasteiger partial charge is 0.0186 e. The van der Waals surface area contributed by atoms with E-state index in [9.17, 15) is 0 Å². The summed E-state index contributed by atoms with van der Waals surface area (Å²) >= 11 is 2.16. The van der Waals surface area contributed by atoms with Crippen molar-refractivity contribution in [2.45, 2.75) is 81.3 Å². The van der Waals surface area contributed by atoms with E-state index in [0.29, 0.717) is 0 Å². The number of fused-ring (bicyclic) bond motifs is 2. The molecule has 3 heteroatoms. The second-order valence-electron chi connectivity index (χ2n) is 6.56. The normalized spacial score (nSPS) is 46.0. The summed E-state index contributed by atoms with van der Waals surface area (Å²) in [6.45, 7) is 2.41. The van der Waals surface area contributed by atoms with Gasteiger partial charge in [-0.1, -0.05) is 13.3 Å². The van der Waals surface area contributed by atoms with E-state index < -0.39 is 0 Å². The van der Waals surface area contributed by atoms with Gasteiger partial charge in [0.2, 0.25) is 0 Å². The lowest BCUT2D eigenvalue weighted by atomic mass is 9.82. The molecule has 4 unspecified atom stereocenters. The molecule has 18 heavy (non-hydrogen) atoms. The van der Waals surface area contributed by atoms with Crippen LogP contribution >= 0.6 is 11.8 Å². The molecule has 0 saturated carbocycles. The van der Waals surface area contributed by atoms with Crippen molar-refractivity contribution in [2.24, 2.45) is 0 Å². The molecule has 0 spiro atoms. The summed E-state index contributed by atoms with van der Waals surface area (Å²) in [7, 11) is 2.35. The van der Waals surface area contributed by atoms with Gasteiger partial charge >= 0.3 is 0 Å². The molecule has 3 heterocycles. The zero-order chi connectivity index (χ0) is 12.5. The first kappa shape index (κ1) is 13.3. The van der Waals surface area contributed by atoms with Gasteiger partial charge in [0.15, 0.2) is 0 Å². The van der Waals surface area contributed by atoms with Crippen molar-refractivity contribution in [3.05, 3.63) is 0 Å². The highest BCUT2D eigenvalue weighted by Gasteiger charge is 2.37. The number of rotatable bonds is 2. The molecule has 3 rings (SSSR count). The van der Waals surface area contributed by atoms with Gasteiger partial charge in [-0.15, -0.1) is 0 Å². The minimum absolute atomic E-state index is 0.776. The summed E-state index contributed by atoms with van der Waals surface area (Å²) in [5.74, 6) is 1.37. The van der Waals surface area contributed by atoms with Crippen molar-refractivity contribution < 1.29 is 0 Å². The lowest BCUT2D eigenvalue weighted by Gasteiger charge is -2.48. The largest absolute Gasteiger partial charge is 0.310 e. The minimum Gasteiger partial charge on any atom is -0.310 e. The summed E-state index contributed by atoms with van der Waals surface area (Å²) in [5.41, 5.74) is 0. The maximum Gasteiger partial charge on any atom is 0.0186 e. The van der Waals surface area contributed by atoms with Gasteiger partial charge in [0, 0.05) is 29.4 Å². The number of piperidine rings is 2. The van der Waals surface area contributed by atoms with E-state index in [0.717, 1.165) is 29.4 Å². The Bertz CT molecular complexity index is 270. The van der Waals surface area contributed by atoms with Crippen LogP contribution in [0.1, 0.15) is 51.9 Å². The number of thioether (sulfide) groups is 1. The van der Waals surface area contributed by atoms with E-state index >= 15 is 0 Å². The Hall–Kier alpha value is 0.270. The Kier molecular flexibility index (Phi) is 4.21. The molecule has 2 bridgehead atoms. The third-order valence-corrected chi connectivity index (χ3v) is 6.78. The van der Waals surface area contributed by atoms with Gasteiger partial charge in [0.25, 0.3) is 0 Å². The number of hydrogen-bond donors (Lipinski definition) is 1. The Balaban J connectivity index is 1.57. The zero-order valence-electron chi connectivity index (χ0n) is 11.9. The minimum atomic E-state index is 0.776. The summed E-state index contributed by atoms with van der Waals surface area (Å²) in [4.78, 5) is 2.67. The Morgan fingerprint density at radius 1 is 1.06 bits per heavy atom. The molecule has 3 saturated heterocycles. The van der Waals surface area contributed by atoms with Gasteiger partial charge in [-0.25, -0.2) is 0 Å². The number of nitrogens with zero attached hydrogens (tertiary/aromatic N) is 1. The average Bonchev–Trinajstić information content (AvgIpc) is 2.33.